The highest BCUT2D eigenvalue weighted by Gasteiger charge is 2.29. The van der Waals surface area contributed by atoms with E-state index in [2.05, 4.69) is 61.5 Å². The van der Waals surface area contributed by atoms with Gasteiger partial charge in [0, 0.05) is 46.9 Å². The van der Waals surface area contributed by atoms with Crippen LogP contribution in [0.3, 0.4) is 0 Å². The molecular weight excluding hydrogens is 382 g/mol. The van der Waals surface area contributed by atoms with Gasteiger partial charge < -0.3 is 0 Å². The predicted molar refractivity (Wildman–Crippen MR) is 102 cm³/mol. The molecule has 1 aliphatic rings. The Morgan fingerprint density at radius 2 is 1.96 bits per heavy atom. The van der Waals surface area contributed by atoms with Gasteiger partial charge in [0.25, 0.3) is 0 Å². The Kier molecular flexibility index (Phi) is 4.74. The van der Waals surface area contributed by atoms with Crippen molar-refractivity contribution in [2.45, 2.75) is 32.0 Å². The number of benzene rings is 1. The van der Waals surface area contributed by atoms with E-state index in [9.17, 15) is 0 Å². The zero-order chi connectivity index (χ0) is 16.4. The minimum Gasteiger partial charge on any atom is -0.290 e. The average molecular weight is 400 g/mol. The van der Waals surface area contributed by atoms with Crippen molar-refractivity contribution < 1.29 is 0 Å². The summed E-state index contributed by atoms with van der Waals surface area (Å²) in [7, 11) is 0. The highest BCUT2D eigenvalue weighted by molar-refractivity contribution is 9.10. The van der Waals surface area contributed by atoms with Crippen LogP contribution in [-0.2, 0) is 13.1 Å². The number of hydrogen-bond donors (Lipinski definition) is 0. The first-order chi connectivity index (χ1) is 11.8. The molecule has 0 N–H and O–H groups in total. The Morgan fingerprint density at radius 1 is 1.12 bits per heavy atom. The largest absolute Gasteiger partial charge is 0.290 e. The maximum Gasteiger partial charge on any atom is 0.123 e. The van der Waals surface area contributed by atoms with E-state index in [1.54, 1.807) is 11.3 Å². The molecule has 1 fully saturated rings. The summed E-state index contributed by atoms with van der Waals surface area (Å²) >= 11 is 5.21. The summed E-state index contributed by atoms with van der Waals surface area (Å²) in [6.45, 7) is 1.86. The lowest BCUT2D eigenvalue weighted by molar-refractivity contribution is 0.243. The maximum absolute atomic E-state index is 4.85. The predicted octanol–water partition coefficient (Wildman–Crippen LogP) is 5.13. The van der Waals surface area contributed by atoms with Gasteiger partial charge in [-0.3, -0.25) is 9.88 Å². The molecular formula is C19H18BrN3S. The zero-order valence-electron chi connectivity index (χ0n) is 13.2. The van der Waals surface area contributed by atoms with Crippen LogP contribution in [0.15, 0.2) is 58.6 Å². The number of nitrogens with zero attached hydrogens (tertiary/aromatic N) is 3. The van der Waals surface area contributed by atoms with Crippen molar-refractivity contribution in [3.8, 4) is 10.6 Å². The molecule has 0 aliphatic heterocycles. The third-order valence-corrected chi connectivity index (χ3v) is 5.65. The fourth-order valence-corrected chi connectivity index (χ4v) is 3.87. The first-order valence-corrected chi connectivity index (χ1v) is 9.78. The van der Waals surface area contributed by atoms with Crippen LogP contribution in [-0.4, -0.2) is 20.9 Å². The van der Waals surface area contributed by atoms with Gasteiger partial charge in [0.05, 0.1) is 5.69 Å². The molecule has 2 aromatic heterocycles. The topological polar surface area (TPSA) is 29.0 Å². The van der Waals surface area contributed by atoms with Crippen LogP contribution in [0.25, 0.3) is 10.6 Å². The van der Waals surface area contributed by atoms with Gasteiger partial charge >= 0.3 is 0 Å². The third kappa shape index (κ3) is 3.91. The van der Waals surface area contributed by atoms with Crippen LogP contribution in [0, 0.1) is 0 Å². The summed E-state index contributed by atoms with van der Waals surface area (Å²) in [4.78, 5) is 11.6. The lowest BCUT2D eigenvalue weighted by Gasteiger charge is -2.20. The van der Waals surface area contributed by atoms with Gasteiger partial charge in [-0.1, -0.05) is 34.1 Å². The normalized spacial score (nSPS) is 14.2. The molecule has 1 aromatic carbocycles. The number of halogens is 1. The van der Waals surface area contributed by atoms with E-state index < -0.39 is 0 Å². The summed E-state index contributed by atoms with van der Waals surface area (Å²) in [5, 5.41) is 3.28. The van der Waals surface area contributed by atoms with Gasteiger partial charge in [0.15, 0.2) is 0 Å². The van der Waals surface area contributed by atoms with Crippen molar-refractivity contribution in [3.63, 3.8) is 0 Å². The van der Waals surface area contributed by atoms with E-state index in [0.29, 0.717) is 6.04 Å². The van der Waals surface area contributed by atoms with E-state index in [-0.39, 0.29) is 0 Å². The molecule has 0 radical (unpaired) electrons. The molecule has 4 rings (SSSR count). The second-order valence-corrected chi connectivity index (χ2v) is 7.92. The first kappa shape index (κ1) is 15.9. The van der Waals surface area contributed by atoms with Crippen molar-refractivity contribution in [1.82, 2.24) is 14.9 Å². The van der Waals surface area contributed by atoms with E-state index in [1.807, 2.05) is 18.5 Å². The molecule has 0 amide bonds. The molecule has 3 nitrogen and oxygen atoms in total. The minimum atomic E-state index is 0.697. The molecule has 1 aliphatic carbocycles. The summed E-state index contributed by atoms with van der Waals surface area (Å²) in [6, 6.07) is 13.2. The molecule has 1 saturated carbocycles. The molecule has 0 saturated heterocycles. The van der Waals surface area contributed by atoms with Crippen molar-refractivity contribution in [1.29, 1.82) is 0 Å². The fraction of sp³-hybridized carbons (Fsp3) is 0.263. The first-order valence-electron chi connectivity index (χ1n) is 8.11. The third-order valence-electron chi connectivity index (χ3n) is 4.18. The van der Waals surface area contributed by atoms with Gasteiger partial charge in [-0.2, -0.15) is 0 Å². The van der Waals surface area contributed by atoms with Crippen LogP contribution in [0.2, 0.25) is 0 Å². The summed E-state index contributed by atoms with van der Waals surface area (Å²) in [5.74, 6) is 0. The van der Waals surface area contributed by atoms with Crippen LogP contribution in [0.5, 0.6) is 0 Å². The number of thiazole rings is 1. The Morgan fingerprint density at radius 3 is 2.67 bits per heavy atom. The van der Waals surface area contributed by atoms with Crippen molar-refractivity contribution in [2.75, 3.05) is 0 Å². The molecule has 3 aromatic rings. The zero-order valence-corrected chi connectivity index (χ0v) is 15.6. The molecule has 0 bridgehead atoms. The molecule has 122 valence electrons. The van der Waals surface area contributed by atoms with Gasteiger partial charge in [-0.25, -0.2) is 4.98 Å². The lowest BCUT2D eigenvalue weighted by Crippen LogP contribution is -2.25. The van der Waals surface area contributed by atoms with Crippen LogP contribution in [0.4, 0.5) is 0 Å². The van der Waals surface area contributed by atoms with E-state index in [4.69, 9.17) is 4.98 Å². The van der Waals surface area contributed by atoms with E-state index >= 15 is 0 Å². The van der Waals surface area contributed by atoms with Crippen molar-refractivity contribution in [2.24, 2.45) is 0 Å². The lowest BCUT2D eigenvalue weighted by atomic mass is 10.2. The number of pyridine rings is 1. The second-order valence-electron chi connectivity index (χ2n) is 6.15. The molecule has 0 spiro atoms. The Labute approximate surface area is 154 Å². The van der Waals surface area contributed by atoms with E-state index in [1.165, 1.54) is 24.0 Å². The van der Waals surface area contributed by atoms with Crippen molar-refractivity contribution in [3.05, 3.63) is 69.9 Å². The van der Waals surface area contributed by atoms with Crippen LogP contribution < -0.4 is 0 Å². The highest BCUT2D eigenvalue weighted by Crippen LogP contribution is 2.31. The Bertz CT molecular complexity index is 797. The average Bonchev–Trinajstić information content (AvgIpc) is 3.36. The van der Waals surface area contributed by atoms with E-state index in [0.717, 1.165) is 28.3 Å². The molecule has 0 atom stereocenters. The smallest absolute Gasteiger partial charge is 0.123 e. The van der Waals surface area contributed by atoms with Crippen LogP contribution >= 0.6 is 27.3 Å². The van der Waals surface area contributed by atoms with Gasteiger partial charge in [0.2, 0.25) is 0 Å². The summed E-state index contributed by atoms with van der Waals surface area (Å²) in [6.07, 6.45) is 6.38. The SMILES string of the molecule is Brc1ccc(-c2nc(CN(Cc3cccnc3)C3CC3)cs2)cc1. The Hall–Kier alpha value is -1.56. The summed E-state index contributed by atoms with van der Waals surface area (Å²) < 4.78 is 1.10. The molecule has 2 heterocycles. The highest BCUT2D eigenvalue weighted by atomic mass is 79.9. The number of aromatic nitrogens is 2. The van der Waals surface area contributed by atoms with Gasteiger partial charge in [0.1, 0.15) is 5.01 Å². The van der Waals surface area contributed by atoms with Crippen LogP contribution in [0.1, 0.15) is 24.1 Å². The fourth-order valence-electron chi connectivity index (χ4n) is 2.79. The number of hydrogen-bond acceptors (Lipinski definition) is 4. The van der Waals surface area contributed by atoms with Crippen molar-refractivity contribution >= 4 is 27.3 Å². The second kappa shape index (κ2) is 7.13. The Balaban J connectivity index is 1.48. The molecule has 24 heavy (non-hydrogen) atoms. The van der Waals surface area contributed by atoms with Gasteiger partial charge in [-0.15, -0.1) is 11.3 Å². The molecule has 5 heteroatoms. The maximum atomic E-state index is 4.85. The monoisotopic (exact) mass is 399 g/mol. The minimum absolute atomic E-state index is 0.697. The summed E-state index contributed by atoms with van der Waals surface area (Å²) in [5.41, 5.74) is 3.61. The number of rotatable bonds is 6. The standard InChI is InChI=1S/C19H18BrN3S/c20-16-5-3-15(4-6-16)19-22-17(13-24-19)12-23(18-7-8-18)11-14-2-1-9-21-10-14/h1-6,9-10,13,18H,7-8,11-12H2. The quantitative estimate of drug-likeness (QED) is 0.574. The molecule has 0 unspecified atom stereocenters. The van der Waals surface area contributed by atoms with Gasteiger partial charge in [-0.05, 0) is 36.6 Å².